The number of hydrogen-bond donors (Lipinski definition) is 4. The zero-order chi connectivity index (χ0) is 16.8. The van der Waals surface area contributed by atoms with Crippen LogP contribution in [0.5, 0.6) is 0 Å². The lowest BCUT2D eigenvalue weighted by Gasteiger charge is -2.23. The molecule has 0 atom stereocenters. The molecule has 0 aromatic heterocycles. The van der Waals surface area contributed by atoms with Crippen molar-refractivity contribution in [2.75, 3.05) is 13.2 Å². The summed E-state index contributed by atoms with van der Waals surface area (Å²) in [6.45, 7) is -4.46. The van der Waals surface area contributed by atoms with Crippen molar-refractivity contribution in [3.05, 3.63) is 0 Å². The fourth-order valence-electron chi connectivity index (χ4n) is 0.342. The van der Waals surface area contributed by atoms with Gasteiger partial charge < -0.3 is 40.9 Å². The zero-order valence-electron chi connectivity index (χ0n) is 10.9. The molecule has 140 valence electrons. The molecular weight excluding hydrogens is 380 g/mol. The first kappa shape index (κ1) is 29.7. The molecule has 0 unspecified atom stereocenters. The van der Waals surface area contributed by atoms with E-state index in [9.17, 15) is 35.8 Å². The van der Waals surface area contributed by atoms with E-state index in [2.05, 4.69) is 9.05 Å². The second-order valence-electron chi connectivity index (χ2n) is 2.72. The van der Waals surface area contributed by atoms with Crippen LogP contribution in [0.1, 0.15) is 0 Å². The van der Waals surface area contributed by atoms with Crippen LogP contribution in [-0.4, -0.2) is 35.4 Å². The van der Waals surface area contributed by atoms with Crippen LogP contribution in [0.4, 0.5) is 26.3 Å². The number of rotatable bonds is 4. The van der Waals surface area contributed by atoms with Crippen LogP contribution in [0.2, 0.25) is 0 Å². The fraction of sp³-hybridized carbons (Fsp3) is 1.00. The highest BCUT2D eigenvalue weighted by Crippen LogP contribution is 2.41. The minimum Gasteiger partial charge on any atom is -0.756 e. The van der Waals surface area contributed by atoms with Crippen LogP contribution in [0.15, 0.2) is 0 Å². The van der Waals surface area contributed by atoms with E-state index < -0.39 is 41.2 Å². The van der Waals surface area contributed by atoms with Gasteiger partial charge in [-0.1, -0.05) is 0 Å². The molecule has 0 aromatic rings. The predicted octanol–water partition coefficient (Wildman–Crippen LogP) is 0.804. The van der Waals surface area contributed by atoms with Gasteiger partial charge in [0.2, 0.25) is 0 Å². The molecule has 0 amide bonds. The molecule has 0 aliphatic heterocycles. The highest BCUT2D eigenvalue weighted by atomic mass is 31.2. The Bertz CT molecular complexity index is 352. The molecule has 0 radical (unpaired) electrons. The van der Waals surface area contributed by atoms with E-state index in [1.54, 1.807) is 0 Å². The molecule has 0 saturated carbocycles. The Kier molecular flexibility index (Phi) is 14.2. The van der Waals surface area contributed by atoms with Crippen LogP contribution in [-0.2, 0) is 18.2 Å². The smallest absolute Gasteiger partial charge is 0.412 e. The summed E-state index contributed by atoms with van der Waals surface area (Å²) in [6.07, 6.45) is -9.94. The normalized spacial score (nSPS) is 12.5. The third kappa shape index (κ3) is 36.7. The van der Waals surface area contributed by atoms with Gasteiger partial charge in [0.25, 0.3) is 15.6 Å². The van der Waals surface area contributed by atoms with Gasteiger partial charge in [0, 0.05) is 0 Å². The molecule has 18 heteroatoms. The summed E-state index contributed by atoms with van der Waals surface area (Å²) in [4.78, 5) is 33.2. The Labute approximate surface area is 119 Å². The minimum absolute atomic E-state index is 0. The SMILES string of the molecule is O=P([O-])(O)O.O=P([O-])(OCC(F)(F)F)OCC(F)(F)F.[NH4+].[NH4+]. The van der Waals surface area contributed by atoms with Crippen LogP contribution in [0.25, 0.3) is 0 Å². The molecular formula is C4H14F6N2O8P2. The average Bonchev–Trinajstić information content (AvgIpc) is 2.07. The van der Waals surface area contributed by atoms with Crippen molar-refractivity contribution < 1.29 is 64.1 Å². The molecule has 0 aromatic carbocycles. The summed E-state index contributed by atoms with van der Waals surface area (Å²) in [6, 6.07) is 0. The second-order valence-corrected chi connectivity index (χ2v) is 5.11. The van der Waals surface area contributed by atoms with Crippen molar-refractivity contribution in [1.82, 2.24) is 12.3 Å². The number of quaternary nitrogens is 2. The van der Waals surface area contributed by atoms with Crippen molar-refractivity contribution in [2.45, 2.75) is 12.4 Å². The third-order valence-electron chi connectivity index (χ3n) is 0.773. The summed E-state index contributed by atoms with van der Waals surface area (Å²) in [5, 5.41) is 0. The third-order valence-corrected chi connectivity index (χ3v) is 1.66. The van der Waals surface area contributed by atoms with Gasteiger partial charge in [0.15, 0.2) is 13.2 Å². The van der Waals surface area contributed by atoms with E-state index in [-0.39, 0.29) is 12.3 Å². The molecule has 22 heavy (non-hydrogen) atoms. The van der Waals surface area contributed by atoms with Gasteiger partial charge in [-0.15, -0.1) is 0 Å². The van der Waals surface area contributed by atoms with Gasteiger partial charge in [0.05, 0.1) is 0 Å². The Morgan fingerprint density at radius 1 is 0.818 bits per heavy atom. The van der Waals surface area contributed by atoms with Crippen LogP contribution >= 0.6 is 15.6 Å². The zero-order valence-corrected chi connectivity index (χ0v) is 12.7. The molecule has 10 nitrogen and oxygen atoms in total. The number of phosphoric ester groups is 1. The Morgan fingerprint density at radius 3 is 1.14 bits per heavy atom. The molecule has 0 aliphatic carbocycles. The van der Waals surface area contributed by atoms with Gasteiger partial charge in [0.1, 0.15) is 0 Å². The number of halogens is 6. The van der Waals surface area contributed by atoms with Crippen molar-refractivity contribution in [3.8, 4) is 0 Å². The van der Waals surface area contributed by atoms with Crippen molar-refractivity contribution >= 4 is 15.6 Å². The molecule has 0 saturated heterocycles. The molecule has 0 spiro atoms. The Balaban J connectivity index is -0.000000201. The van der Waals surface area contributed by atoms with E-state index in [0.29, 0.717) is 0 Å². The van der Waals surface area contributed by atoms with Gasteiger partial charge in [-0.25, -0.2) is 0 Å². The Morgan fingerprint density at radius 2 is 1.00 bits per heavy atom. The van der Waals surface area contributed by atoms with E-state index in [1.165, 1.54) is 0 Å². The van der Waals surface area contributed by atoms with Crippen molar-refractivity contribution in [2.24, 2.45) is 0 Å². The predicted molar refractivity (Wildman–Crippen MR) is 55.6 cm³/mol. The molecule has 0 rings (SSSR count). The van der Waals surface area contributed by atoms with Crippen LogP contribution in [0.3, 0.4) is 0 Å². The lowest BCUT2D eigenvalue weighted by Crippen LogP contribution is -2.23. The first-order valence-electron chi connectivity index (χ1n) is 3.91. The van der Waals surface area contributed by atoms with E-state index in [4.69, 9.17) is 19.2 Å². The monoisotopic (exact) mass is 394 g/mol. The van der Waals surface area contributed by atoms with E-state index in [0.717, 1.165) is 0 Å². The summed E-state index contributed by atoms with van der Waals surface area (Å²) in [5.74, 6) is 0. The van der Waals surface area contributed by atoms with Crippen LogP contribution < -0.4 is 22.1 Å². The van der Waals surface area contributed by atoms with Gasteiger partial charge in [-0.2, -0.15) is 26.3 Å². The largest absolute Gasteiger partial charge is 0.756 e. The quantitative estimate of drug-likeness (QED) is 0.394. The van der Waals surface area contributed by atoms with E-state index in [1.807, 2.05) is 0 Å². The standard InChI is InChI=1S/C4H5F6O4P.2H3N.H3O4P/c5-3(6,7)1-13-15(11,12)14-2-4(8,9)10;;;1-5(2,3)4/h1-2H2,(H,11,12);2*1H3;(H3,1,2,3,4). The second kappa shape index (κ2) is 10.5. The number of hydrogen-bond acceptors (Lipinski definition) is 6. The number of alkyl halides is 6. The fourth-order valence-corrected chi connectivity index (χ4v) is 1.03. The molecule has 10 N–H and O–H groups in total. The summed E-state index contributed by atoms with van der Waals surface area (Å²) in [7, 11) is -10.5. The highest BCUT2D eigenvalue weighted by Gasteiger charge is 2.33. The maximum Gasteiger partial charge on any atom is 0.412 e. The first-order valence-corrected chi connectivity index (χ1v) is 6.90. The highest BCUT2D eigenvalue weighted by molar-refractivity contribution is 7.45. The maximum atomic E-state index is 11.4. The Hall–Kier alpha value is -0.280. The topological polar surface area (TPSA) is 212 Å². The van der Waals surface area contributed by atoms with Crippen molar-refractivity contribution in [1.29, 1.82) is 0 Å². The summed E-state index contributed by atoms with van der Waals surface area (Å²) in [5.41, 5.74) is 0. The summed E-state index contributed by atoms with van der Waals surface area (Å²) < 4.78 is 93.7. The molecule has 0 bridgehead atoms. The lowest BCUT2D eigenvalue weighted by molar-refractivity contribution is -0.251. The van der Waals surface area contributed by atoms with Gasteiger partial charge in [-0.05, 0) is 0 Å². The van der Waals surface area contributed by atoms with Gasteiger partial charge >= 0.3 is 12.4 Å². The first-order chi connectivity index (χ1) is 8.41. The van der Waals surface area contributed by atoms with Crippen molar-refractivity contribution in [3.63, 3.8) is 0 Å². The van der Waals surface area contributed by atoms with Crippen LogP contribution in [0, 0.1) is 0 Å². The molecule has 0 fully saturated rings. The molecule has 0 heterocycles. The average molecular weight is 394 g/mol. The lowest BCUT2D eigenvalue weighted by atomic mass is 10.7. The van der Waals surface area contributed by atoms with Gasteiger partial charge in [-0.3, -0.25) is 9.13 Å². The maximum absolute atomic E-state index is 11.4. The van der Waals surface area contributed by atoms with E-state index >= 15 is 0 Å². The molecule has 0 aliphatic rings. The summed E-state index contributed by atoms with van der Waals surface area (Å²) >= 11 is 0. The minimum atomic E-state index is -5.58. The number of phosphoric acid groups is 2.